The van der Waals surface area contributed by atoms with Crippen molar-refractivity contribution >= 4 is 15.7 Å². The smallest absolute Gasteiger partial charge is 0.227 e. The normalized spacial score (nSPS) is 23.5. The first-order valence-corrected chi connectivity index (χ1v) is 10.2. The topological polar surface area (TPSA) is 94.4 Å². The van der Waals surface area contributed by atoms with Gasteiger partial charge in [0.15, 0.2) is 9.84 Å². The zero-order chi connectivity index (χ0) is 18.2. The predicted molar refractivity (Wildman–Crippen MR) is 93.0 cm³/mol. The van der Waals surface area contributed by atoms with Crippen molar-refractivity contribution in [1.29, 1.82) is 0 Å². The van der Waals surface area contributed by atoms with Crippen molar-refractivity contribution in [3.63, 3.8) is 0 Å². The molecule has 138 valence electrons. The highest BCUT2D eigenvalue weighted by molar-refractivity contribution is 7.92. The predicted octanol–water partition coefficient (Wildman–Crippen LogP) is -0.0846. The molecule has 9 heteroatoms. The lowest BCUT2D eigenvalue weighted by Crippen LogP contribution is -2.70. The average molecular weight is 376 g/mol. The second kappa shape index (κ2) is 6.48. The van der Waals surface area contributed by atoms with E-state index in [2.05, 4.69) is 10.1 Å². The number of carbonyl (C=O) groups is 1. The molecule has 0 unspecified atom stereocenters. The summed E-state index contributed by atoms with van der Waals surface area (Å²) < 4.78 is 32.8. The van der Waals surface area contributed by atoms with Crippen molar-refractivity contribution < 1.29 is 17.9 Å². The lowest BCUT2D eigenvalue weighted by Gasteiger charge is -2.52. The Balaban J connectivity index is 1.35. The van der Waals surface area contributed by atoms with Crippen LogP contribution in [0.25, 0.3) is 0 Å². The van der Waals surface area contributed by atoms with Crippen molar-refractivity contribution in [3.05, 3.63) is 48.5 Å². The maximum absolute atomic E-state index is 12.7. The van der Waals surface area contributed by atoms with Gasteiger partial charge in [-0.25, -0.2) is 8.42 Å². The molecule has 2 aliphatic rings. The van der Waals surface area contributed by atoms with E-state index in [1.165, 1.54) is 0 Å². The molecule has 1 atom stereocenters. The Hall–Kier alpha value is -2.26. The molecule has 1 spiro atoms. The number of amides is 1. The van der Waals surface area contributed by atoms with Crippen LogP contribution in [0.3, 0.4) is 0 Å². The molecule has 0 N–H and O–H groups in total. The molecule has 0 saturated carbocycles. The maximum atomic E-state index is 12.7. The molecule has 2 saturated heterocycles. The molecule has 0 bridgehead atoms. The lowest BCUT2D eigenvalue weighted by atomic mass is 9.95. The molecular weight excluding hydrogens is 356 g/mol. The van der Waals surface area contributed by atoms with Gasteiger partial charge in [-0.3, -0.25) is 14.5 Å². The van der Waals surface area contributed by atoms with Gasteiger partial charge in [0.1, 0.15) is 10.9 Å². The van der Waals surface area contributed by atoms with Crippen molar-refractivity contribution in [1.82, 2.24) is 19.7 Å². The number of nitrogens with zero attached hydrogens (tertiary/aromatic N) is 4. The molecule has 0 aromatic carbocycles. The molecule has 2 fully saturated rings. The number of hydrogen-bond acceptors (Lipinski definition) is 6. The van der Waals surface area contributed by atoms with Gasteiger partial charge in [-0.15, -0.1) is 0 Å². The number of likely N-dealkylation sites (tertiary alicyclic amines) is 1. The zero-order valence-electron chi connectivity index (χ0n) is 14.2. The first-order valence-electron chi connectivity index (χ1n) is 8.45. The van der Waals surface area contributed by atoms with E-state index in [0.717, 1.165) is 5.56 Å². The van der Waals surface area contributed by atoms with E-state index in [9.17, 15) is 13.2 Å². The number of aromatic nitrogens is 3. The van der Waals surface area contributed by atoms with Gasteiger partial charge in [-0.2, -0.15) is 5.10 Å². The molecule has 2 aromatic heterocycles. The molecule has 1 amide bonds. The highest BCUT2D eigenvalue weighted by Gasteiger charge is 2.53. The van der Waals surface area contributed by atoms with E-state index in [-0.39, 0.29) is 31.2 Å². The summed E-state index contributed by atoms with van der Waals surface area (Å²) in [5.74, 6) is -0.0916. The second-order valence-corrected chi connectivity index (χ2v) is 9.22. The Morgan fingerprint density at radius 1 is 1.31 bits per heavy atom. The SMILES string of the molecule is O=C(Cc1cccnc1)N1CC2(C1)CS(=O)(=O)[C@@H](Cn1cccn1)CO2. The number of carbonyl (C=O) groups excluding carboxylic acids is 1. The van der Waals surface area contributed by atoms with Crippen LogP contribution in [-0.4, -0.2) is 70.3 Å². The van der Waals surface area contributed by atoms with Crippen LogP contribution < -0.4 is 0 Å². The Labute approximate surface area is 151 Å². The summed E-state index contributed by atoms with van der Waals surface area (Å²) >= 11 is 0. The van der Waals surface area contributed by atoms with E-state index in [0.29, 0.717) is 13.1 Å². The van der Waals surface area contributed by atoms with Crippen molar-refractivity contribution in [2.45, 2.75) is 23.8 Å². The fourth-order valence-corrected chi connectivity index (χ4v) is 5.37. The Morgan fingerprint density at radius 3 is 2.81 bits per heavy atom. The third kappa shape index (κ3) is 3.36. The number of pyridine rings is 1. The van der Waals surface area contributed by atoms with Crippen molar-refractivity contribution in [2.75, 3.05) is 25.4 Å². The van der Waals surface area contributed by atoms with Crippen LogP contribution in [0, 0.1) is 0 Å². The zero-order valence-corrected chi connectivity index (χ0v) is 15.0. The third-order valence-electron chi connectivity index (χ3n) is 4.89. The minimum Gasteiger partial charge on any atom is -0.369 e. The van der Waals surface area contributed by atoms with Crippen LogP contribution in [0.5, 0.6) is 0 Å². The highest BCUT2D eigenvalue weighted by Crippen LogP contribution is 2.33. The monoisotopic (exact) mass is 376 g/mol. The summed E-state index contributed by atoms with van der Waals surface area (Å²) in [7, 11) is -3.31. The quantitative estimate of drug-likeness (QED) is 0.741. The first-order chi connectivity index (χ1) is 12.5. The van der Waals surface area contributed by atoms with Gasteiger partial charge in [0.2, 0.25) is 5.91 Å². The van der Waals surface area contributed by atoms with Gasteiger partial charge in [-0.05, 0) is 17.7 Å². The van der Waals surface area contributed by atoms with Gasteiger partial charge < -0.3 is 9.64 Å². The Bertz CT molecular complexity index is 877. The molecular formula is C17H20N4O4S. The summed E-state index contributed by atoms with van der Waals surface area (Å²) in [4.78, 5) is 18.0. The fraction of sp³-hybridized carbons (Fsp3) is 0.471. The fourth-order valence-electron chi connectivity index (χ4n) is 3.48. The number of hydrogen-bond donors (Lipinski definition) is 0. The summed E-state index contributed by atoms with van der Waals surface area (Å²) in [5.41, 5.74) is 0.0826. The summed E-state index contributed by atoms with van der Waals surface area (Å²) in [5, 5.41) is 3.46. The first kappa shape index (κ1) is 17.2. The van der Waals surface area contributed by atoms with Gasteiger partial charge in [0.25, 0.3) is 0 Å². The Kier molecular flexibility index (Phi) is 4.28. The van der Waals surface area contributed by atoms with E-state index < -0.39 is 20.7 Å². The molecule has 8 nitrogen and oxygen atoms in total. The van der Waals surface area contributed by atoms with Gasteiger partial charge >= 0.3 is 0 Å². The van der Waals surface area contributed by atoms with Crippen LogP contribution in [0.4, 0.5) is 0 Å². The van der Waals surface area contributed by atoms with Crippen LogP contribution in [-0.2, 0) is 32.3 Å². The van der Waals surface area contributed by atoms with Crippen LogP contribution in [0.1, 0.15) is 5.56 Å². The minimum absolute atomic E-state index is 0.0386. The third-order valence-corrected chi connectivity index (χ3v) is 7.12. The molecule has 0 aliphatic carbocycles. The molecule has 2 aromatic rings. The van der Waals surface area contributed by atoms with Crippen LogP contribution >= 0.6 is 0 Å². The average Bonchev–Trinajstić information content (AvgIpc) is 3.08. The van der Waals surface area contributed by atoms with E-state index in [1.807, 2.05) is 6.07 Å². The standard InChI is InChI=1S/C17H20N4O4S/c22-16(7-14-3-1-4-18-8-14)20-11-17(12-20)13-26(23,24)15(10-25-17)9-21-6-2-5-19-21/h1-6,8,15H,7,9-13H2/t15-/m0/s1. The van der Waals surface area contributed by atoms with Crippen molar-refractivity contribution in [3.8, 4) is 0 Å². The minimum atomic E-state index is -3.31. The molecule has 4 rings (SSSR count). The van der Waals surface area contributed by atoms with Gasteiger partial charge in [0.05, 0.1) is 38.4 Å². The van der Waals surface area contributed by atoms with Gasteiger partial charge in [-0.1, -0.05) is 6.07 Å². The van der Waals surface area contributed by atoms with E-state index in [1.54, 1.807) is 46.5 Å². The van der Waals surface area contributed by atoms with Crippen LogP contribution in [0.15, 0.2) is 43.0 Å². The largest absolute Gasteiger partial charge is 0.369 e. The maximum Gasteiger partial charge on any atom is 0.227 e. The highest BCUT2D eigenvalue weighted by atomic mass is 32.2. The van der Waals surface area contributed by atoms with Gasteiger partial charge in [0, 0.05) is 24.8 Å². The number of ether oxygens (including phenoxy) is 1. The molecule has 2 aliphatic heterocycles. The molecule has 0 radical (unpaired) electrons. The van der Waals surface area contributed by atoms with Crippen molar-refractivity contribution in [2.24, 2.45) is 0 Å². The molecule has 26 heavy (non-hydrogen) atoms. The molecule has 4 heterocycles. The second-order valence-electron chi connectivity index (χ2n) is 6.94. The summed E-state index contributed by atoms with van der Waals surface area (Å²) in [6.45, 7) is 1.06. The Morgan fingerprint density at radius 2 is 2.15 bits per heavy atom. The van der Waals surface area contributed by atoms with Crippen LogP contribution in [0.2, 0.25) is 0 Å². The number of sulfone groups is 1. The number of rotatable bonds is 4. The summed E-state index contributed by atoms with van der Waals surface area (Å²) in [6, 6.07) is 5.40. The summed E-state index contributed by atoms with van der Waals surface area (Å²) in [6.07, 6.45) is 6.94. The van der Waals surface area contributed by atoms with E-state index in [4.69, 9.17) is 4.74 Å². The van der Waals surface area contributed by atoms with E-state index >= 15 is 0 Å². The lowest BCUT2D eigenvalue weighted by molar-refractivity contribution is -0.164.